The number of benzene rings is 3. The van der Waals surface area contributed by atoms with Crippen molar-refractivity contribution in [1.29, 1.82) is 0 Å². The highest BCUT2D eigenvalue weighted by Crippen LogP contribution is 2.33. The zero-order chi connectivity index (χ0) is 18.2. The van der Waals surface area contributed by atoms with Gasteiger partial charge in [0, 0.05) is 9.79 Å². The molecule has 1 atom stereocenters. The van der Waals surface area contributed by atoms with Gasteiger partial charge in [0.15, 0.2) is 14.7 Å². The summed E-state index contributed by atoms with van der Waals surface area (Å²) in [4.78, 5) is 6.12. The predicted molar refractivity (Wildman–Crippen MR) is 116 cm³/mol. The number of rotatable bonds is 7. The monoisotopic (exact) mass is 373 g/mol. The van der Waals surface area contributed by atoms with Crippen molar-refractivity contribution in [2.45, 2.75) is 19.6 Å². The van der Waals surface area contributed by atoms with Crippen LogP contribution in [0.2, 0.25) is 0 Å². The van der Waals surface area contributed by atoms with Crippen LogP contribution in [0.15, 0.2) is 141 Å². The fourth-order valence-corrected chi connectivity index (χ4v) is 5.27. The Morgan fingerprint density at radius 2 is 1.27 bits per heavy atom. The molecule has 1 unspecified atom stereocenters. The molecule has 0 amide bonds. The second-order valence-electron chi connectivity index (χ2n) is 5.57. The van der Waals surface area contributed by atoms with Gasteiger partial charge < -0.3 is 0 Å². The molecule has 3 aromatic carbocycles. The summed E-state index contributed by atoms with van der Waals surface area (Å²) in [5, 5.41) is 0. The molecule has 0 fully saturated rings. The third-order valence-electron chi connectivity index (χ3n) is 3.70. The Balaban J connectivity index is 1.88. The van der Waals surface area contributed by atoms with E-state index in [4.69, 9.17) is 0 Å². The molecule has 0 bridgehead atoms. The highest BCUT2D eigenvalue weighted by molar-refractivity contribution is 8.01. The van der Waals surface area contributed by atoms with Crippen molar-refractivity contribution < 1.29 is 0 Å². The lowest BCUT2D eigenvalue weighted by molar-refractivity contribution is 1.31. The van der Waals surface area contributed by atoms with Gasteiger partial charge in [0.25, 0.3) is 0 Å². The number of hydrogen-bond donors (Lipinski definition) is 0. The van der Waals surface area contributed by atoms with Gasteiger partial charge in [-0.25, -0.2) is 0 Å². The van der Waals surface area contributed by atoms with Crippen LogP contribution in [0.5, 0.6) is 0 Å². The second-order valence-corrected chi connectivity index (χ2v) is 8.79. The fraction of sp³-hybridized carbons (Fsp3) is 0. The quantitative estimate of drug-likeness (QED) is 0.313. The molecule has 26 heavy (non-hydrogen) atoms. The topological polar surface area (TPSA) is 0 Å². The van der Waals surface area contributed by atoms with E-state index in [2.05, 4.69) is 92.0 Å². The maximum atomic E-state index is 4.31. The Morgan fingerprint density at radius 3 is 1.88 bits per heavy atom. The Bertz CT molecular complexity index is 879. The van der Waals surface area contributed by atoms with Crippen LogP contribution in [0.25, 0.3) is 0 Å². The van der Waals surface area contributed by atoms with E-state index in [9.17, 15) is 0 Å². The Kier molecular flexibility index (Phi) is 6.59. The van der Waals surface area contributed by atoms with Crippen LogP contribution < -0.4 is 0 Å². The lowest BCUT2D eigenvalue weighted by atomic mass is 10.4. The molecule has 0 saturated heterocycles. The van der Waals surface area contributed by atoms with E-state index in [1.54, 1.807) is 17.8 Å². The molecule has 0 aromatic heterocycles. The summed E-state index contributed by atoms with van der Waals surface area (Å²) in [5.74, 6) is 0. The maximum Gasteiger partial charge on any atom is 0.166 e. The molecule has 0 aliphatic carbocycles. The SMILES string of the molecule is C=C/C=C\C(=C)[S+](c1ccccc1)c1ccc(Sc2ccccc2)cc1. The van der Waals surface area contributed by atoms with Crippen molar-refractivity contribution in [3.05, 3.63) is 121 Å². The van der Waals surface area contributed by atoms with Crippen LogP contribution in [-0.2, 0) is 10.9 Å². The molecule has 3 aromatic rings. The van der Waals surface area contributed by atoms with E-state index >= 15 is 0 Å². The standard InChI is InChI=1S/C24H21S2/c1-3-4-11-20(2)26(23-14-9-6-10-15-23)24-18-16-22(17-19-24)25-21-12-7-5-8-13-21/h3-19H,1-2H2/q+1/b11-4-. The van der Waals surface area contributed by atoms with Crippen LogP contribution in [0, 0.1) is 0 Å². The molecule has 0 spiro atoms. The summed E-state index contributed by atoms with van der Waals surface area (Å²) in [6.07, 6.45) is 5.79. The van der Waals surface area contributed by atoms with Gasteiger partial charge in [0.1, 0.15) is 0 Å². The minimum Gasteiger partial charge on any atom is -0.0991 e. The van der Waals surface area contributed by atoms with Gasteiger partial charge in [-0.2, -0.15) is 0 Å². The van der Waals surface area contributed by atoms with Crippen molar-refractivity contribution in [3.63, 3.8) is 0 Å². The van der Waals surface area contributed by atoms with E-state index in [-0.39, 0.29) is 10.9 Å². The summed E-state index contributed by atoms with van der Waals surface area (Å²) in [5.41, 5.74) is 0. The van der Waals surface area contributed by atoms with Gasteiger partial charge in [-0.05, 0) is 61.2 Å². The predicted octanol–water partition coefficient (Wildman–Crippen LogP) is 7.13. The average Bonchev–Trinajstić information content (AvgIpc) is 2.69. The third-order valence-corrected chi connectivity index (χ3v) is 6.86. The van der Waals surface area contributed by atoms with E-state index in [1.807, 2.05) is 18.2 Å². The first kappa shape index (κ1) is 18.4. The summed E-state index contributed by atoms with van der Waals surface area (Å²) in [6.45, 7) is 8.07. The van der Waals surface area contributed by atoms with Crippen LogP contribution in [0.3, 0.4) is 0 Å². The molecule has 3 rings (SSSR count). The van der Waals surface area contributed by atoms with Gasteiger partial charge in [-0.1, -0.05) is 66.9 Å². The molecule has 2 heteroatoms. The van der Waals surface area contributed by atoms with E-state index < -0.39 is 0 Å². The van der Waals surface area contributed by atoms with E-state index in [0.717, 1.165) is 4.91 Å². The molecule has 0 radical (unpaired) electrons. The molecule has 0 saturated carbocycles. The van der Waals surface area contributed by atoms with E-state index in [0.29, 0.717) is 0 Å². The normalized spacial score (nSPS) is 12.0. The molecule has 0 N–H and O–H groups in total. The van der Waals surface area contributed by atoms with E-state index in [1.165, 1.54) is 19.6 Å². The van der Waals surface area contributed by atoms with Crippen LogP contribution in [-0.4, -0.2) is 0 Å². The molecule has 0 aliphatic heterocycles. The zero-order valence-corrected chi connectivity index (χ0v) is 16.2. The number of allylic oxidation sites excluding steroid dienone is 3. The third kappa shape index (κ3) is 4.81. The summed E-state index contributed by atoms with van der Waals surface area (Å²) in [6, 6.07) is 29.8. The van der Waals surface area contributed by atoms with Crippen LogP contribution >= 0.6 is 11.8 Å². The first-order valence-electron chi connectivity index (χ1n) is 8.38. The molecule has 0 nitrogen and oxygen atoms in total. The minimum atomic E-state index is -0.191. The van der Waals surface area contributed by atoms with Crippen molar-refractivity contribution in [3.8, 4) is 0 Å². The second kappa shape index (κ2) is 9.33. The lowest BCUT2D eigenvalue weighted by Crippen LogP contribution is -2.04. The lowest BCUT2D eigenvalue weighted by Gasteiger charge is -2.08. The molecular weight excluding hydrogens is 352 g/mol. The first-order chi connectivity index (χ1) is 12.8. The number of hydrogen-bond acceptors (Lipinski definition) is 1. The summed E-state index contributed by atoms with van der Waals surface area (Å²) in [7, 11) is -0.191. The van der Waals surface area contributed by atoms with Crippen molar-refractivity contribution in [2.75, 3.05) is 0 Å². The minimum absolute atomic E-state index is 0.191. The highest BCUT2D eigenvalue weighted by atomic mass is 32.2. The van der Waals surface area contributed by atoms with Crippen molar-refractivity contribution in [1.82, 2.24) is 0 Å². The Morgan fingerprint density at radius 1 is 0.731 bits per heavy atom. The first-order valence-corrected chi connectivity index (χ1v) is 10.4. The van der Waals surface area contributed by atoms with Crippen molar-refractivity contribution in [2.24, 2.45) is 0 Å². The average molecular weight is 374 g/mol. The molecular formula is C24H21S2+. The summed E-state index contributed by atoms with van der Waals surface area (Å²) < 4.78 is 0. The molecule has 0 aliphatic rings. The van der Waals surface area contributed by atoms with Gasteiger partial charge in [-0.3, -0.25) is 0 Å². The molecule has 0 heterocycles. The van der Waals surface area contributed by atoms with Crippen LogP contribution in [0.1, 0.15) is 0 Å². The van der Waals surface area contributed by atoms with Gasteiger partial charge in [-0.15, -0.1) is 0 Å². The Labute approximate surface area is 163 Å². The van der Waals surface area contributed by atoms with Crippen molar-refractivity contribution >= 4 is 22.7 Å². The zero-order valence-electron chi connectivity index (χ0n) is 14.5. The largest absolute Gasteiger partial charge is 0.166 e. The Hall–Kier alpha value is -2.42. The van der Waals surface area contributed by atoms with Gasteiger partial charge in [0.05, 0.1) is 10.9 Å². The summed E-state index contributed by atoms with van der Waals surface area (Å²) >= 11 is 1.78. The fourth-order valence-electron chi connectivity index (χ4n) is 2.51. The van der Waals surface area contributed by atoms with Gasteiger partial charge >= 0.3 is 0 Å². The molecule has 128 valence electrons. The highest BCUT2D eigenvalue weighted by Gasteiger charge is 2.27. The smallest absolute Gasteiger partial charge is 0.0991 e. The maximum absolute atomic E-state index is 4.31. The van der Waals surface area contributed by atoms with Gasteiger partial charge in [0.2, 0.25) is 0 Å². The van der Waals surface area contributed by atoms with Crippen LogP contribution in [0.4, 0.5) is 0 Å².